The number of ether oxygens (including phenoxy) is 2. The Kier molecular flexibility index (Phi) is 5.95. The van der Waals surface area contributed by atoms with Crippen LogP contribution in [0.5, 0.6) is 0 Å². The van der Waals surface area contributed by atoms with E-state index >= 15 is 0 Å². The average molecular weight is 539 g/mol. The van der Waals surface area contributed by atoms with Crippen LogP contribution in [0.25, 0.3) is 22.6 Å². The lowest BCUT2D eigenvalue weighted by Crippen LogP contribution is -2.41. The van der Waals surface area contributed by atoms with Gasteiger partial charge in [-0.15, -0.1) is 0 Å². The van der Waals surface area contributed by atoms with Gasteiger partial charge in [0.15, 0.2) is 5.65 Å². The van der Waals surface area contributed by atoms with E-state index in [0.717, 1.165) is 66.3 Å². The first-order chi connectivity index (χ1) is 17.0. The Hall–Kier alpha value is -2.95. The summed E-state index contributed by atoms with van der Waals surface area (Å²) < 4.78 is 11.7. The summed E-state index contributed by atoms with van der Waals surface area (Å²) in [6.45, 7) is 4.43. The van der Waals surface area contributed by atoms with Gasteiger partial charge in [0, 0.05) is 43.2 Å². The highest BCUT2D eigenvalue weighted by atomic mass is 79.9. The van der Waals surface area contributed by atoms with Crippen molar-refractivity contribution in [3.63, 3.8) is 0 Å². The number of nitrogens with one attached hydrogen (secondary N) is 2. The number of pyridine rings is 1. The smallest absolute Gasteiger partial charge is 0.404 e. The SMILES string of the molecule is NC(=O)O[C@@H]1[C@H](Nc2c(Br)cnc3nc(-c4ccc(CN5CCOCC5)cc4)[nH]c23)[C@H]2C=C[C@@H]1C2. The second-order valence-corrected chi connectivity index (χ2v) is 10.2. The molecule has 1 aromatic carbocycles. The molecule has 9 nitrogen and oxygen atoms in total. The number of hydrogen-bond donors (Lipinski definition) is 3. The number of fused-ring (bicyclic) bond motifs is 3. The fraction of sp³-hybridized carbons (Fsp3) is 0.400. The molecule has 3 aromatic rings. The van der Waals surface area contributed by atoms with Gasteiger partial charge in [0.05, 0.1) is 29.4 Å². The molecular weight excluding hydrogens is 512 g/mol. The number of rotatable bonds is 6. The summed E-state index contributed by atoms with van der Waals surface area (Å²) >= 11 is 3.63. The van der Waals surface area contributed by atoms with Gasteiger partial charge in [-0.3, -0.25) is 4.90 Å². The average Bonchev–Trinajstić information content (AvgIpc) is 3.58. The lowest BCUT2D eigenvalue weighted by atomic mass is 9.98. The second kappa shape index (κ2) is 9.25. The van der Waals surface area contributed by atoms with E-state index in [2.05, 4.69) is 72.5 Å². The molecule has 2 bridgehead atoms. The number of carbonyl (C=O) groups is 1. The zero-order valence-electron chi connectivity index (χ0n) is 19.1. The number of aromatic nitrogens is 3. The zero-order valence-corrected chi connectivity index (χ0v) is 20.7. The highest BCUT2D eigenvalue weighted by molar-refractivity contribution is 9.10. The van der Waals surface area contributed by atoms with Crippen molar-refractivity contribution in [1.29, 1.82) is 0 Å². The quantitative estimate of drug-likeness (QED) is 0.409. The number of nitrogens with two attached hydrogens (primary N) is 1. The van der Waals surface area contributed by atoms with E-state index in [1.165, 1.54) is 5.56 Å². The van der Waals surface area contributed by atoms with Crippen LogP contribution < -0.4 is 11.1 Å². The minimum Gasteiger partial charge on any atom is -0.444 e. The molecule has 1 aliphatic heterocycles. The van der Waals surface area contributed by atoms with E-state index in [9.17, 15) is 4.79 Å². The number of anilines is 1. The minimum atomic E-state index is -0.748. The highest BCUT2D eigenvalue weighted by Crippen LogP contribution is 2.44. The molecule has 2 fully saturated rings. The maximum atomic E-state index is 11.5. The first-order valence-corrected chi connectivity index (χ1v) is 12.7. The predicted molar refractivity (Wildman–Crippen MR) is 136 cm³/mol. The maximum absolute atomic E-state index is 11.5. The van der Waals surface area contributed by atoms with E-state index in [4.69, 9.17) is 20.2 Å². The highest BCUT2D eigenvalue weighted by Gasteiger charge is 2.47. The predicted octanol–water partition coefficient (Wildman–Crippen LogP) is 3.67. The van der Waals surface area contributed by atoms with Gasteiger partial charge in [-0.1, -0.05) is 36.4 Å². The Morgan fingerprint density at radius 2 is 2.00 bits per heavy atom. The molecule has 6 rings (SSSR count). The molecule has 3 heterocycles. The number of halogens is 1. The van der Waals surface area contributed by atoms with Crippen molar-refractivity contribution in [2.24, 2.45) is 17.6 Å². The molecule has 10 heteroatoms. The van der Waals surface area contributed by atoms with Gasteiger partial charge < -0.3 is 25.5 Å². The zero-order chi connectivity index (χ0) is 23.9. The molecule has 1 saturated carbocycles. The number of amides is 1. The number of hydrogen-bond acceptors (Lipinski definition) is 7. The summed E-state index contributed by atoms with van der Waals surface area (Å²) in [7, 11) is 0. The van der Waals surface area contributed by atoms with Crippen LogP contribution in [0, 0.1) is 11.8 Å². The van der Waals surface area contributed by atoms with Crippen LogP contribution in [0.15, 0.2) is 47.1 Å². The fourth-order valence-corrected chi connectivity index (χ4v) is 5.84. The number of nitrogens with zero attached hydrogens (tertiary/aromatic N) is 3. The molecule has 182 valence electrons. The molecule has 4 atom stereocenters. The van der Waals surface area contributed by atoms with E-state index in [0.29, 0.717) is 5.65 Å². The molecule has 0 radical (unpaired) electrons. The van der Waals surface area contributed by atoms with Crippen LogP contribution in [0.4, 0.5) is 10.5 Å². The molecule has 2 aliphatic carbocycles. The van der Waals surface area contributed by atoms with Gasteiger partial charge in [0.25, 0.3) is 0 Å². The summed E-state index contributed by atoms with van der Waals surface area (Å²) in [6, 6.07) is 8.40. The standard InChI is InChI=1S/C25H27BrN6O3/c26-18-12-28-24-21(20(18)29-19-16-5-6-17(11-16)22(19)35-25(27)33)30-23(31-24)15-3-1-14(2-4-15)13-32-7-9-34-10-8-32/h1-6,12,16-17,19,22H,7-11,13H2,(H2,27,33)(H2,28,29,30,31)/t16-,17+,19+,22-/m0/s1. The third kappa shape index (κ3) is 4.41. The van der Waals surface area contributed by atoms with Gasteiger partial charge in [-0.2, -0.15) is 0 Å². The van der Waals surface area contributed by atoms with Crippen LogP contribution >= 0.6 is 15.9 Å². The molecule has 4 N–H and O–H groups in total. The van der Waals surface area contributed by atoms with Crippen molar-refractivity contribution in [3.05, 3.63) is 52.7 Å². The number of morpholine rings is 1. The number of primary amides is 1. The number of carbonyl (C=O) groups excluding carboxylic acids is 1. The van der Waals surface area contributed by atoms with Gasteiger partial charge in [-0.05, 0) is 27.9 Å². The number of aromatic amines is 1. The summed E-state index contributed by atoms with van der Waals surface area (Å²) in [5, 5.41) is 3.60. The van der Waals surface area contributed by atoms with E-state index in [-0.39, 0.29) is 24.0 Å². The Morgan fingerprint density at radius 1 is 1.23 bits per heavy atom. The van der Waals surface area contributed by atoms with Crippen molar-refractivity contribution in [1.82, 2.24) is 19.9 Å². The number of benzene rings is 1. The topological polar surface area (TPSA) is 118 Å². The molecular formula is C25H27BrN6O3. The molecule has 0 spiro atoms. The molecule has 3 aliphatic rings. The van der Waals surface area contributed by atoms with Crippen LogP contribution in [-0.2, 0) is 16.0 Å². The van der Waals surface area contributed by atoms with Gasteiger partial charge >= 0.3 is 6.09 Å². The van der Waals surface area contributed by atoms with Crippen LogP contribution in [0.1, 0.15) is 12.0 Å². The second-order valence-electron chi connectivity index (χ2n) is 9.37. The molecule has 1 amide bonds. The first kappa shape index (κ1) is 22.5. The first-order valence-electron chi connectivity index (χ1n) is 11.9. The van der Waals surface area contributed by atoms with Crippen molar-refractivity contribution in [2.75, 3.05) is 31.6 Å². The maximum Gasteiger partial charge on any atom is 0.404 e. The minimum absolute atomic E-state index is 0.0781. The molecule has 35 heavy (non-hydrogen) atoms. The Balaban J connectivity index is 1.25. The van der Waals surface area contributed by atoms with Crippen molar-refractivity contribution >= 4 is 38.9 Å². The monoisotopic (exact) mass is 538 g/mol. The summed E-state index contributed by atoms with van der Waals surface area (Å²) in [5.74, 6) is 1.19. The van der Waals surface area contributed by atoms with Crippen molar-refractivity contribution < 1.29 is 14.3 Å². The molecule has 0 unspecified atom stereocenters. The Labute approximate surface area is 211 Å². The summed E-state index contributed by atoms with van der Waals surface area (Å²) in [4.78, 5) is 26.6. The van der Waals surface area contributed by atoms with Crippen LogP contribution in [-0.4, -0.2) is 64.4 Å². The van der Waals surface area contributed by atoms with Gasteiger partial charge in [-0.25, -0.2) is 14.8 Å². The number of H-pyrrole nitrogens is 1. The molecule has 2 aromatic heterocycles. The normalized spacial score (nSPS) is 25.9. The largest absolute Gasteiger partial charge is 0.444 e. The Bertz CT molecular complexity index is 1270. The van der Waals surface area contributed by atoms with Gasteiger partial charge in [0.1, 0.15) is 17.4 Å². The fourth-order valence-electron chi connectivity index (χ4n) is 5.42. The van der Waals surface area contributed by atoms with Crippen molar-refractivity contribution in [2.45, 2.75) is 25.1 Å². The lowest BCUT2D eigenvalue weighted by molar-refractivity contribution is 0.0342. The van der Waals surface area contributed by atoms with E-state index in [1.807, 2.05) is 0 Å². The third-order valence-electron chi connectivity index (χ3n) is 7.16. The van der Waals surface area contributed by atoms with Crippen molar-refractivity contribution in [3.8, 4) is 11.4 Å². The molecule has 1 saturated heterocycles. The number of imidazole rings is 1. The summed E-state index contributed by atoms with van der Waals surface area (Å²) in [6.07, 6.45) is 5.93. The summed E-state index contributed by atoms with van der Waals surface area (Å²) in [5.41, 5.74) is 9.88. The van der Waals surface area contributed by atoms with E-state index in [1.54, 1.807) is 6.20 Å². The third-order valence-corrected chi connectivity index (χ3v) is 7.76. The lowest BCUT2D eigenvalue weighted by Gasteiger charge is -2.29. The van der Waals surface area contributed by atoms with Crippen LogP contribution in [0.2, 0.25) is 0 Å². The van der Waals surface area contributed by atoms with Gasteiger partial charge in [0.2, 0.25) is 0 Å². The van der Waals surface area contributed by atoms with Crippen LogP contribution in [0.3, 0.4) is 0 Å². The Morgan fingerprint density at radius 3 is 2.77 bits per heavy atom. The van der Waals surface area contributed by atoms with E-state index < -0.39 is 6.09 Å².